The maximum Gasteiger partial charge on any atom is 0.147 e. The van der Waals surface area contributed by atoms with Gasteiger partial charge in [0, 0.05) is 11.1 Å². The summed E-state index contributed by atoms with van der Waals surface area (Å²) in [5.74, 6) is -0.553. The molecule has 90 valence electrons. The van der Waals surface area contributed by atoms with Crippen molar-refractivity contribution in [3.8, 4) is 11.3 Å². The second kappa shape index (κ2) is 3.95. The van der Waals surface area contributed by atoms with Gasteiger partial charge in [0.1, 0.15) is 11.6 Å². The molecule has 0 fully saturated rings. The van der Waals surface area contributed by atoms with Gasteiger partial charge in [0.2, 0.25) is 0 Å². The fourth-order valence-corrected chi connectivity index (χ4v) is 2.22. The van der Waals surface area contributed by atoms with Crippen molar-refractivity contribution in [3.63, 3.8) is 0 Å². The summed E-state index contributed by atoms with van der Waals surface area (Å²) in [7, 11) is 0. The number of halogens is 2. The molecule has 3 heteroatoms. The molecule has 1 N–H and O–H groups in total. The van der Waals surface area contributed by atoms with E-state index in [4.69, 9.17) is 0 Å². The minimum absolute atomic E-state index is 0.274. The highest BCUT2D eigenvalue weighted by molar-refractivity contribution is 5.90. The van der Waals surface area contributed by atoms with Gasteiger partial charge in [-0.2, -0.15) is 0 Å². The monoisotopic (exact) mass is 243 g/mol. The summed E-state index contributed by atoms with van der Waals surface area (Å²) in [6, 6.07) is 11.2. The van der Waals surface area contributed by atoms with E-state index in [0.717, 1.165) is 22.2 Å². The molecule has 0 saturated heterocycles. The van der Waals surface area contributed by atoms with Crippen molar-refractivity contribution in [1.82, 2.24) is 4.98 Å². The van der Waals surface area contributed by atoms with Gasteiger partial charge in [-0.05, 0) is 48.4 Å². The van der Waals surface area contributed by atoms with Crippen molar-refractivity contribution >= 4 is 10.9 Å². The van der Waals surface area contributed by atoms with E-state index in [2.05, 4.69) is 4.98 Å². The van der Waals surface area contributed by atoms with Gasteiger partial charge >= 0.3 is 0 Å². The quantitative estimate of drug-likeness (QED) is 0.651. The zero-order valence-corrected chi connectivity index (χ0v) is 9.80. The average Bonchev–Trinajstić information content (AvgIpc) is 2.70. The molecule has 0 atom stereocenters. The van der Waals surface area contributed by atoms with Crippen LogP contribution in [0.4, 0.5) is 8.78 Å². The molecule has 0 aliphatic heterocycles. The van der Waals surface area contributed by atoms with Crippen molar-refractivity contribution in [2.45, 2.75) is 6.92 Å². The Morgan fingerprint density at radius 3 is 2.33 bits per heavy atom. The lowest BCUT2D eigenvalue weighted by Gasteiger charge is -1.99. The van der Waals surface area contributed by atoms with Crippen LogP contribution in [0.2, 0.25) is 0 Å². The van der Waals surface area contributed by atoms with E-state index < -0.39 is 0 Å². The first kappa shape index (κ1) is 11.0. The van der Waals surface area contributed by atoms with Crippen LogP contribution in [0.25, 0.3) is 22.2 Å². The van der Waals surface area contributed by atoms with Gasteiger partial charge in [0.05, 0.1) is 5.52 Å². The van der Waals surface area contributed by atoms with Crippen LogP contribution in [-0.4, -0.2) is 4.98 Å². The topological polar surface area (TPSA) is 15.8 Å². The van der Waals surface area contributed by atoms with Gasteiger partial charge in [-0.3, -0.25) is 0 Å². The highest BCUT2D eigenvalue weighted by atomic mass is 19.1. The van der Waals surface area contributed by atoms with E-state index in [0.29, 0.717) is 5.52 Å². The van der Waals surface area contributed by atoms with Crippen molar-refractivity contribution < 1.29 is 8.78 Å². The van der Waals surface area contributed by atoms with E-state index in [1.165, 1.54) is 18.2 Å². The standard InChI is InChI=1S/C15H11F2N/c1-9-12-3-2-4-13(17)15(12)18-14(9)10-5-7-11(16)8-6-10/h2-8,18H,1H3. The number of hydrogen-bond acceptors (Lipinski definition) is 0. The summed E-state index contributed by atoms with van der Waals surface area (Å²) in [4.78, 5) is 3.07. The summed E-state index contributed by atoms with van der Waals surface area (Å²) < 4.78 is 26.6. The molecule has 0 spiro atoms. The third-order valence-corrected chi connectivity index (χ3v) is 3.18. The maximum absolute atomic E-state index is 13.7. The van der Waals surface area contributed by atoms with Crippen LogP contribution < -0.4 is 0 Å². The summed E-state index contributed by atoms with van der Waals surface area (Å²) >= 11 is 0. The second-order valence-corrected chi connectivity index (χ2v) is 4.29. The molecule has 0 aliphatic carbocycles. The highest BCUT2D eigenvalue weighted by Gasteiger charge is 2.11. The normalized spacial score (nSPS) is 11.1. The van der Waals surface area contributed by atoms with Gasteiger partial charge in [-0.25, -0.2) is 8.78 Å². The molecule has 3 aromatic rings. The first-order valence-electron chi connectivity index (χ1n) is 5.69. The van der Waals surface area contributed by atoms with Crippen molar-refractivity contribution in [2.24, 2.45) is 0 Å². The Morgan fingerprint density at radius 1 is 0.944 bits per heavy atom. The molecular weight excluding hydrogens is 232 g/mol. The van der Waals surface area contributed by atoms with E-state index in [9.17, 15) is 8.78 Å². The van der Waals surface area contributed by atoms with Crippen LogP contribution in [-0.2, 0) is 0 Å². The molecule has 0 amide bonds. The number of fused-ring (bicyclic) bond motifs is 1. The Morgan fingerprint density at radius 2 is 1.67 bits per heavy atom. The summed E-state index contributed by atoms with van der Waals surface area (Å²) in [6.07, 6.45) is 0. The Labute approximate surface area is 103 Å². The van der Waals surface area contributed by atoms with Gasteiger partial charge in [-0.15, -0.1) is 0 Å². The molecule has 0 radical (unpaired) electrons. The molecule has 2 aromatic carbocycles. The van der Waals surface area contributed by atoms with Crippen LogP contribution in [0.1, 0.15) is 5.56 Å². The lowest BCUT2D eigenvalue weighted by atomic mass is 10.1. The number of benzene rings is 2. The molecule has 0 aliphatic rings. The first-order chi connectivity index (χ1) is 8.66. The SMILES string of the molecule is Cc1c(-c2ccc(F)cc2)[nH]c2c(F)cccc12. The van der Waals surface area contributed by atoms with Crippen LogP contribution in [0.15, 0.2) is 42.5 Å². The molecular formula is C15H11F2N. The lowest BCUT2D eigenvalue weighted by molar-refractivity contribution is 0.628. The number of para-hydroxylation sites is 1. The van der Waals surface area contributed by atoms with Gasteiger partial charge in [0.25, 0.3) is 0 Å². The number of hydrogen-bond donors (Lipinski definition) is 1. The Kier molecular flexibility index (Phi) is 2.40. The number of H-pyrrole nitrogens is 1. The Balaban J connectivity index is 2.27. The molecule has 0 unspecified atom stereocenters. The maximum atomic E-state index is 13.7. The van der Waals surface area contributed by atoms with Crippen molar-refractivity contribution in [1.29, 1.82) is 0 Å². The van der Waals surface area contributed by atoms with Crippen molar-refractivity contribution in [3.05, 3.63) is 59.7 Å². The summed E-state index contributed by atoms with van der Waals surface area (Å²) in [5.41, 5.74) is 3.14. The third-order valence-electron chi connectivity index (χ3n) is 3.18. The Hall–Kier alpha value is -2.16. The van der Waals surface area contributed by atoms with Crippen molar-refractivity contribution in [2.75, 3.05) is 0 Å². The largest absolute Gasteiger partial charge is 0.352 e. The molecule has 0 bridgehead atoms. The Bertz CT molecular complexity index is 711. The minimum Gasteiger partial charge on any atom is -0.352 e. The van der Waals surface area contributed by atoms with Gasteiger partial charge in [-0.1, -0.05) is 12.1 Å². The lowest BCUT2D eigenvalue weighted by Crippen LogP contribution is -1.81. The number of rotatable bonds is 1. The molecule has 18 heavy (non-hydrogen) atoms. The second-order valence-electron chi connectivity index (χ2n) is 4.29. The number of nitrogens with one attached hydrogen (secondary N) is 1. The van der Waals surface area contributed by atoms with Crippen LogP contribution in [0.3, 0.4) is 0 Å². The molecule has 1 aromatic heterocycles. The molecule has 0 saturated carbocycles. The minimum atomic E-state index is -0.279. The fourth-order valence-electron chi connectivity index (χ4n) is 2.22. The first-order valence-corrected chi connectivity index (χ1v) is 5.69. The van der Waals surface area contributed by atoms with Crippen LogP contribution in [0.5, 0.6) is 0 Å². The van der Waals surface area contributed by atoms with E-state index >= 15 is 0 Å². The van der Waals surface area contributed by atoms with Crippen LogP contribution >= 0.6 is 0 Å². The number of aromatic nitrogens is 1. The predicted octanol–water partition coefficient (Wildman–Crippen LogP) is 4.42. The average molecular weight is 243 g/mol. The van der Waals surface area contributed by atoms with E-state index in [-0.39, 0.29) is 11.6 Å². The molecule has 1 heterocycles. The van der Waals surface area contributed by atoms with Gasteiger partial charge < -0.3 is 4.98 Å². The van der Waals surface area contributed by atoms with E-state index in [1.54, 1.807) is 18.2 Å². The predicted molar refractivity (Wildman–Crippen MR) is 68.4 cm³/mol. The van der Waals surface area contributed by atoms with E-state index in [1.807, 2.05) is 13.0 Å². The zero-order chi connectivity index (χ0) is 12.7. The third kappa shape index (κ3) is 1.59. The number of aryl methyl sites for hydroxylation is 1. The fraction of sp³-hybridized carbons (Fsp3) is 0.0667. The van der Waals surface area contributed by atoms with Crippen LogP contribution in [0, 0.1) is 18.6 Å². The zero-order valence-electron chi connectivity index (χ0n) is 9.80. The molecule has 3 rings (SSSR count). The smallest absolute Gasteiger partial charge is 0.147 e. The summed E-state index contributed by atoms with van der Waals surface area (Å²) in [5, 5.41) is 0.856. The highest BCUT2D eigenvalue weighted by Crippen LogP contribution is 2.30. The molecule has 1 nitrogen and oxygen atoms in total. The number of aromatic amines is 1. The summed E-state index contributed by atoms with van der Waals surface area (Å²) in [6.45, 7) is 1.93. The van der Waals surface area contributed by atoms with Gasteiger partial charge in [0.15, 0.2) is 0 Å².